The molecule has 8 heteroatoms. The lowest BCUT2D eigenvalue weighted by Crippen LogP contribution is -2.48. The molecule has 0 spiro atoms. The fraction of sp³-hybridized carbons (Fsp3) is 0.333. The van der Waals surface area contributed by atoms with Gasteiger partial charge >= 0.3 is 18.1 Å². The van der Waals surface area contributed by atoms with Crippen molar-refractivity contribution in [2.75, 3.05) is 7.11 Å². The molecule has 1 rings (SSSR count). The largest absolute Gasteiger partial charge is 0.471 e. The van der Waals surface area contributed by atoms with Crippen LogP contribution in [0.1, 0.15) is 5.56 Å². The van der Waals surface area contributed by atoms with E-state index in [-0.39, 0.29) is 6.42 Å². The molecule has 1 atom stereocenters. The Morgan fingerprint density at radius 1 is 1.30 bits per heavy atom. The maximum Gasteiger partial charge on any atom is 0.471 e. The van der Waals surface area contributed by atoms with Gasteiger partial charge in [0.15, 0.2) is 0 Å². The van der Waals surface area contributed by atoms with Crippen LogP contribution in [0.25, 0.3) is 0 Å². The normalized spacial score (nSPS) is 12.7. The summed E-state index contributed by atoms with van der Waals surface area (Å²) in [5.41, 5.74) is 0.614. The summed E-state index contributed by atoms with van der Waals surface area (Å²) >= 11 is 2.07. The van der Waals surface area contributed by atoms with Gasteiger partial charge in [-0.2, -0.15) is 13.2 Å². The highest BCUT2D eigenvalue weighted by Gasteiger charge is 2.41. The molecule has 20 heavy (non-hydrogen) atoms. The molecule has 1 aromatic rings. The average Bonchev–Trinajstić information content (AvgIpc) is 2.38. The Labute approximate surface area is 126 Å². The van der Waals surface area contributed by atoms with Crippen molar-refractivity contribution >= 4 is 34.5 Å². The number of rotatable bonds is 4. The average molecular weight is 401 g/mol. The highest BCUT2D eigenvalue weighted by molar-refractivity contribution is 14.1. The van der Waals surface area contributed by atoms with Gasteiger partial charge < -0.3 is 10.1 Å². The van der Waals surface area contributed by atoms with Gasteiger partial charge in [0.25, 0.3) is 0 Å². The van der Waals surface area contributed by atoms with E-state index in [4.69, 9.17) is 0 Å². The zero-order chi connectivity index (χ0) is 15.3. The molecular weight excluding hydrogens is 390 g/mol. The van der Waals surface area contributed by atoms with E-state index in [9.17, 15) is 22.8 Å². The van der Waals surface area contributed by atoms with Crippen LogP contribution >= 0.6 is 22.6 Å². The molecule has 0 unspecified atom stereocenters. The maximum absolute atomic E-state index is 12.2. The summed E-state index contributed by atoms with van der Waals surface area (Å²) in [4.78, 5) is 22.3. The lowest BCUT2D eigenvalue weighted by molar-refractivity contribution is -0.175. The lowest BCUT2D eigenvalue weighted by Gasteiger charge is -2.17. The van der Waals surface area contributed by atoms with Crippen LogP contribution in [0.15, 0.2) is 24.3 Å². The number of hydrogen-bond acceptors (Lipinski definition) is 3. The van der Waals surface area contributed by atoms with Crippen molar-refractivity contribution in [3.05, 3.63) is 33.4 Å². The first-order valence-electron chi connectivity index (χ1n) is 5.44. The highest BCUT2D eigenvalue weighted by atomic mass is 127. The van der Waals surface area contributed by atoms with E-state index < -0.39 is 24.1 Å². The number of nitrogens with one attached hydrogen (secondary N) is 1. The molecule has 1 aromatic carbocycles. The first-order chi connectivity index (χ1) is 9.24. The van der Waals surface area contributed by atoms with Crippen LogP contribution < -0.4 is 5.32 Å². The zero-order valence-electron chi connectivity index (χ0n) is 10.3. The van der Waals surface area contributed by atoms with Gasteiger partial charge in [-0.15, -0.1) is 0 Å². The van der Waals surface area contributed by atoms with Gasteiger partial charge in [0.2, 0.25) is 0 Å². The monoisotopic (exact) mass is 401 g/mol. The molecule has 0 aliphatic heterocycles. The molecule has 0 heterocycles. The van der Waals surface area contributed by atoms with E-state index in [1.165, 1.54) is 0 Å². The minimum atomic E-state index is -5.04. The molecule has 0 bridgehead atoms. The third-order valence-electron chi connectivity index (χ3n) is 2.40. The van der Waals surface area contributed by atoms with E-state index in [2.05, 4.69) is 27.3 Å². The molecule has 0 saturated heterocycles. The second kappa shape index (κ2) is 6.91. The van der Waals surface area contributed by atoms with Crippen molar-refractivity contribution < 1.29 is 27.5 Å². The number of ether oxygens (including phenoxy) is 1. The third-order valence-corrected chi connectivity index (χ3v) is 3.12. The van der Waals surface area contributed by atoms with E-state index in [1.807, 2.05) is 0 Å². The highest BCUT2D eigenvalue weighted by Crippen LogP contribution is 2.16. The molecule has 1 amide bonds. The summed E-state index contributed by atoms with van der Waals surface area (Å²) in [6, 6.07) is 5.44. The predicted molar refractivity (Wildman–Crippen MR) is 72.9 cm³/mol. The third kappa shape index (κ3) is 4.99. The SMILES string of the molecule is COC(=O)[C@H](Cc1ccc(I)cc1)NC(=O)C(F)(F)F. The summed E-state index contributed by atoms with van der Waals surface area (Å²) in [7, 11) is 1.04. The smallest absolute Gasteiger partial charge is 0.467 e. The second-order valence-corrected chi connectivity index (χ2v) is 5.12. The van der Waals surface area contributed by atoms with E-state index >= 15 is 0 Å². The number of methoxy groups -OCH3 is 1. The van der Waals surface area contributed by atoms with Gasteiger partial charge in [0.1, 0.15) is 6.04 Å². The van der Waals surface area contributed by atoms with Gasteiger partial charge in [-0.25, -0.2) is 4.79 Å². The Morgan fingerprint density at radius 3 is 2.30 bits per heavy atom. The Morgan fingerprint density at radius 2 is 1.85 bits per heavy atom. The first kappa shape index (κ1) is 16.7. The number of hydrogen-bond donors (Lipinski definition) is 1. The standard InChI is InChI=1S/C12H11F3INO3/c1-20-10(18)9(17-11(19)12(13,14)15)6-7-2-4-8(16)5-3-7/h2-5,9H,6H2,1H3,(H,17,19)/t9-/m0/s1. The molecule has 0 aliphatic carbocycles. The number of benzene rings is 1. The van der Waals surface area contributed by atoms with Crippen molar-refractivity contribution in [3.8, 4) is 0 Å². The van der Waals surface area contributed by atoms with Gasteiger partial charge in [0, 0.05) is 9.99 Å². The molecule has 0 aliphatic rings. The number of alkyl halides is 3. The molecule has 4 nitrogen and oxygen atoms in total. The fourth-order valence-corrected chi connectivity index (χ4v) is 1.79. The maximum atomic E-state index is 12.2. The van der Waals surface area contributed by atoms with E-state index in [1.54, 1.807) is 29.6 Å². The van der Waals surface area contributed by atoms with Crippen molar-refractivity contribution in [3.63, 3.8) is 0 Å². The molecule has 110 valence electrons. The number of carbonyl (C=O) groups is 2. The summed E-state index contributed by atoms with van der Waals surface area (Å²) in [5.74, 6) is -3.10. The van der Waals surface area contributed by atoms with Gasteiger partial charge in [0.05, 0.1) is 7.11 Å². The van der Waals surface area contributed by atoms with Gasteiger partial charge in [-0.05, 0) is 40.3 Å². The first-order valence-corrected chi connectivity index (χ1v) is 6.52. The zero-order valence-corrected chi connectivity index (χ0v) is 12.5. The minimum absolute atomic E-state index is 0.0780. The van der Waals surface area contributed by atoms with Crippen molar-refractivity contribution in [2.24, 2.45) is 0 Å². The van der Waals surface area contributed by atoms with Crippen LogP contribution in [0.2, 0.25) is 0 Å². The Hall–Kier alpha value is -1.32. The lowest BCUT2D eigenvalue weighted by atomic mass is 10.1. The molecule has 0 aromatic heterocycles. The fourth-order valence-electron chi connectivity index (χ4n) is 1.43. The number of esters is 1. The van der Waals surface area contributed by atoms with Crippen molar-refractivity contribution in [2.45, 2.75) is 18.6 Å². The quantitative estimate of drug-likeness (QED) is 0.621. The number of carbonyl (C=O) groups excluding carboxylic acids is 2. The van der Waals surface area contributed by atoms with Crippen LogP contribution in [0.3, 0.4) is 0 Å². The number of halogens is 4. The van der Waals surface area contributed by atoms with E-state index in [0.29, 0.717) is 5.56 Å². The van der Waals surface area contributed by atoms with Crippen LogP contribution in [0, 0.1) is 3.57 Å². The minimum Gasteiger partial charge on any atom is -0.467 e. The van der Waals surface area contributed by atoms with Gasteiger partial charge in [-0.3, -0.25) is 4.79 Å². The van der Waals surface area contributed by atoms with Crippen LogP contribution in [-0.2, 0) is 20.7 Å². The molecule has 0 fully saturated rings. The summed E-state index contributed by atoms with van der Waals surface area (Å²) in [5, 5.41) is 1.63. The Bertz CT molecular complexity index is 488. The molecular formula is C12H11F3INO3. The summed E-state index contributed by atoms with van der Waals surface area (Å²) in [6.45, 7) is 0. The van der Waals surface area contributed by atoms with Gasteiger partial charge in [-0.1, -0.05) is 12.1 Å². The summed E-state index contributed by atoms with van der Waals surface area (Å²) in [6.07, 6.45) is -5.12. The predicted octanol–water partition coefficient (Wildman–Crippen LogP) is 2.05. The second-order valence-electron chi connectivity index (χ2n) is 3.88. The van der Waals surface area contributed by atoms with Crippen LogP contribution in [0.5, 0.6) is 0 Å². The van der Waals surface area contributed by atoms with Crippen molar-refractivity contribution in [1.29, 1.82) is 0 Å². The van der Waals surface area contributed by atoms with E-state index in [0.717, 1.165) is 10.7 Å². The summed E-state index contributed by atoms with van der Waals surface area (Å²) < 4.78 is 42.0. The Balaban J connectivity index is 2.82. The molecule has 1 N–H and O–H groups in total. The number of amides is 1. The van der Waals surface area contributed by atoms with Crippen LogP contribution in [0.4, 0.5) is 13.2 Å². The Kier molecular flexibility index (Phi) is 5.78. The molecule has 0 radical (unpaired) electrons. The van der Waals surface area contributed by atoms with Crippen LogP contribution in [-0.4, -0.2) is 31.2 Å². The topological polar surface area (TPSA) is 55.4 Å². The molecule has 0 saturated carbocycles. The van der Waals surface area contributed by atoms with Crippen molar-refractivity contribution in [1.82, 2.24) is 5.32 Å².